The van der Waals surface area contributed by atoms with Crippen LogP contribution in [-0.2, 0) is 9.59 Å². The molecule has 0 saturated carbocycles. The van der Waals surface area contributed by atoms with E-state index in [-0.39, 0.29) is 11.8 Å². The fourth-order valence-electron chi connectivity index (χ4n) is 4.84. The van der Waals surface area contributed by atoms with Crippen molar-refractivity contribution in [2.75, 3.05) is 10.6 Å². The predicted molar refractivity (Wildman–Crippen MR) is 193 cm³/mol. The minimum absolute atomic E-state index is 0.104. The van der Waals surface area contributed by atoms with E-state index in [4.69, 9.17) is 4.74 Å². The van der Waals surface area contributed by atoms with E-state index >= 15 is 0 Å². The zero-order chi connectivity index (χ0) is 32.3. The van der Waals surface area contributed by atoms with Gasteiger partial charge in [-0.2, -0.15) is 0 Å². The van der Waals surface area contributed by atoms with Crippen LogP contribution in [-0.4, -0.2) is 11.8 Å². The minimum atomic E-state index is -0.409. The molecule has 0 fully saturated rings. The number of hydrogen-bond acceptors (Lipinski definition) is 5. The van der Waals surface area contributed by atoms with E-state index in [1.165, 1.54) is 23.5 Å². The zero-order valence-corrected chi connectivity index (χ0v) is 27.0. The summed E-state index contributed by atoms with van der Waals surface area (Å²) in [5, 5.41) is 5.29. The van der Waals surface area contributed by atoms with Gasteiger partial charge in [-0.3, -0.25) is 9.59 Å². The molecule has 0 aliphatic heterocycles. The number of carbonyl (C=O) groups excluding carboxylic acids is 2. The third-order valence-electron chi connectivity index (χ3n) is 7.15. The van der Waals surface area contributed by atoms with Crippen LogP contribution in [0.2, 0.25) is 0 Å². The highest BCUT2D eigenvalue weighted by Crippen LogP contribution is 2.37. The second-order valence-corrected chi connectivity index (χ2v) is 12.9. The van der Waals surface area contributed by atoms with Crippen molar-refractivity contribution in [2.24, 2.45) is 0 Å². The number of rotatable bonds is 12. The predicted octanol–water partition coefficient (Wildman–Crippen LogP) is 10.4. The van der Waals surface area contributed by atoms with Gasteiger partial charge in [0.25, 0.3) is 0 Å². The molecule has 0 radical (unpaired) electrons. The fraction of sp³-hybridized carbons (Fsp3) is 0.0500. The molecule has 0 aliphatic carbocycles. The van der Waals surface area contributed by atoms with Crippen LogP contribution in [0, 0.1) is 0 Å². The van der Waals surface area contributed by atoms with Gasteiger partial charge in [0, 0.05) is 21.2 Å². The summed E-state index contributed by atoms with van der Waals surface area (Å²) >= 11 is 3.03. The molecular formula is C40H32N2O3S2. The molecule has 2 unspecified atom stereocenters. The van der Waals surface area contributed by atoms with Gasteiger partial charge in [-0.15, -0.1) is 23.5 Å². The first kappa shape index (κ1) is 31.7. The van der Waals surface area contributed by atoms with Gasteiger partial charge in [0.15, 0.2) is 0 Å². The minimum Gasteiger partial charge on any atom is -0.457 e. The van der Waals surface area contributed by atoms with Crippen LogP contribution in [0.15, 0.2) is 180 Å². The standard InChI is InChI=1S/C40H32N2O3S2/c43-39(37(29-13-5-1-6-14-29)46-35-17-9-3-10-18-35)41-31-21-25-33(26-22-31)45-34-27-23-32(24-28-34)42-40(44)38(30-15-7-2-8-16-30)47-36-19-11-4-12-20-36/h1-28,37-38H,(H,41,43)(H,42,44). The highest BCUT2D eigenvalue weighted by atomic mass is 32.2. The van der Waals surface area contributed by atoms with Gasteiger partial charge < -0.3 is 15.4 Å². The molecule has 7 heteroatoms. The second-order valence-electron chi connectivity index (χ2n) is 10.6. The second kappa shape index (κ2) is 15.9. The largest absolute Gasteiger partial charge is 0.457 e. The lowest BCUT2D eigenvalue weighted by atomic mass is 10.1. The maximum Gasteiger partial charge on any atom is 0.242 e. The van der Waals surface area contributed by atoms with Gasteiger partial charge in [0.05, 0.1) is 0 Å². The first-order chi connectivity index (χ1) is 23.1. The van der Waals surface area contributed by atoms with Gasteiger partial charge in [-0.25, -0.2) is 0 Å². The Hall–Kier alpha value is -5.24. The van der Waals surface area contributed by atoms with Crippen molar-refractivity contribution < 1.29 is 14.3 Å². The molecule has 0 saturated heterocycles. The molecule has 6 rings (SSSR count). The topological polar surface area (TPSA) is 67.4 Å². The monoisotopic (exact) mass is 652 g/mol. The van der Waals surface area contributed by atoms with Gasteiger partial charge in [-0.1, -0.05) is 97.1 Å². The van der Waals surface area contributed by atoms with Crippen LogP contribution in [0.3, 0.4) is 0 Å². The quantitative estimate of drug-likeness (QED) is 0.129. The van der Waals surface area contributed by atoms with Crippen molar-refractivity contribution in [3.63, 3.8) is 0 Å². The van der Waals surface area contributed by atoms with E-state index in [0.29, 0.717) is 22.9 Å². The molecule has 2 atom stereocenters. The van der Waals surface area contributed by atoms with Crippen LogP contribution in [0.1, 0.15) is 21.6 Å². The summed E-state index contributed by atoms with van der Waals surface area (Å²) in [7, 11) is 0. The smallest absolute Gasteiger partial charge is 0.242 e. The Morgan fingerprint density at radius 1 is 0.426 bits per heavy atom. The van der Waals surface area contributed by atoms with E-state index in [1.54, 1.807) is 0 Å². The van der Waals surface area contributed by atoms with Crippen LogP contribution in [0.4, 0.5) is 11.4 Å². The normalized spacial score (nSPS) is 12.0. The fourth-order valence-corrected chi connectivity index (χ4v) is 6.93. The Balaban J connectivity index is 1.07. The number of carbonyl (C=O) groups is 2. The van der Waals surface area contributed by atoms with Gasteiger partial charge in [0.1, 0.15) is 22.0 Å². The third-order valence-corrected chi connectivity index (χ3v) is 9.69. The summed E-state index contributed by atoms with van der Waals surface area (Å²) in [6.45, 7) is 0. The average Bonchev–Trinajstić information content (AvgIpc) is 3.13. The van der Waals surface area contributed by atoms with Crippen molar-refractivity contribution in [1.82, 2.24) is 0 Å². The summed E-state index contributed by atoms with van der Waals surface area (Å²) in [6, 6.07) is 54.0. The molecule has 232 valence electrons. The summed E-state index contributed by atoms with van der Waals surface area (Å²) in [4.78, 5) is 28.9. The molecular weight excluding hydrogens is 621 g/mol. The maximum absolute atomic E-state index is 13.4. The van der Waals surface area contributed by atoms with E-state index < -0.39 is 10.5 Å². The molecule has 0 aromatic heterocycles. The Kier molecular flexibility index (Phi) is 10.7. The molecule has 0 heterocycles. The SMILES string of the molecule is O=C(Nc1ccc(Oc2ccc(NC(=O)C(Sc3ccccc3)c3ccccc3)cc2)cc1)C(Sc1ccccc1)c1ccccc1. The van der Waals surface area contributed by atoms with E-state index in [0.717, 1.165) is 20.9 Å². The molecule has 2 N–H and O–H groups in total. The number of nitrogens with one attached hydrogen (secondary N) is 2. The van der Waals surface area contributed by atoms with E-state index in [1.807, 2.05) is 170 Å². The number of anilines is 2. The highest BCUT2D eigenvalue weighted by molar-refractivity contribution is 8.00. The molecule has 47 heavy (non-hydrogen) atoms. The molecule has 0 spiro atoms. The Morgan fingerprint density at radius 2 is 0.745 bits per heavy atom. The van der Waals surface area contributed by atoms with Crippen molar-refractivity contribution in [3.05, 3.63) is 181 Å². The molecule has 0 aliphatic rings. The number of ether oxygens (including phenoxy) is 1. The number of benzene rings is 6. The molecule has 5 nitrogen and oxygen atoms in total. The first-order valence-corrected chi connectivity index (χ1v) is 16.9. The Labute approximate surface area is 283 Å². The lowest BCUT2D eigenvalue weighted by Crippen LogP contribution is -2.19. The molecule has 0 bridgehead atoms. The molecule has 6 aromatic carbocycles. The maximum atomic E-state index is 13.4. The Bertz CT molecular complexity index is 1730. The van der Waals surface area contributed by atoms with Gasteiger partial charge >= 0.3 is 0 Å². The summed E-state index contributed by atoms with van der Waals surface area (Å²) in [5.41, 5.74) is 3.22. The van der Waals surface area contributed by atoms with Gasteiger partial charge in [0.2, 0.25) is 11.8 Å². The lowest BCUT2D eigenvalue weighted by Gasteiger charge is -2.17. The number of hydrogen-bond donors (Lipinski definition) is 2. The molecule has 6 aromatic rings. The first-order valence-electron chi connectivity index (χ1n) is 15.1. The summed E-state index contributed by atoms with van der Waals surface area (Å²) in [5.74, 6) is 1.05. The van der Waals surface area contributed by atoms with Crippen LogP contribution >= 0.6 is 23.5 Å². The highest BCUT2D eigenvalue weighted by Gasteiger charge is 2.23. The van der Waals surface area contributed by atoms with Crippen LogP contribution < -0.4 is 15.4 Å². The molecule has 2 amide bonds. The lowest BCUT2D eigenvalue weighted by molar-refractivity contribution is -0.116. The third kappa shape index (κ3) is 8.94. The van der Waals surface area contributed by atoms with Crippen LogP contribution in [0.5, 0.6) is 11.5 Å². The van der Waals surface area contributed by atoms with Crippen molar-refractivity contribution in [3.8, 4) is 11.5 Å². The Morgan fingerprint density at radius 3 is 1.09 bits per heavy atom. The van der Waals surface area contributed by atoms with Crippen molar-refractivity contribution >= 4 is 46.7 Å². The van der Waals surface area contributed by atoms with Crippen molar-refractivity contribution in [2.45, 2.75) is 20.3 Å². The van der Waals surface area contributed by atoms with E-state index in [2.05, 4.69) is 10.6 Å². The summed E-state index contributed by atoms with van der Waals surface area (Å²) < 4.78 is 6.06. The number of thioether (sulfide) groups is 2. The van der Waals surface area contributed by atoms with Gasteiger partial charge in [-0.05, 0) is 83.9 Å². The summed E-state index contributed by atoms with van der Waals surface area (Å²) in [6.07, 6.45) is 0. The zero-order valence-electron chi connectivity index (χ0n) is 25.4. The van der Waals surface area contributed by atoms with Crippen LogP contribution in [0.25, 0.3) is 0 Å². The average molecular weight is 653 g/mol. The number of amides is 2. The van der Waals surface area contributed by atoms with Crippen molar-refractivity contribution in [1.29, 1.82) is 0 Å². The van der Waals surface area contributed by atoms with E-state index in [9.17, 15) is 9.59 Å².